The molecule has 2 aromatic carbocycles. The van der Waals surface area contributed by atoms with Crippen LogP contribution in [0.1, 0.15) is 59.1 Å². The number of carbonyl (C=O) groups is 3. The summed E-state index contributed by atoms with van der Waals surface area (Å²) in [5, 5.41) is 5.23. The van der Waals surface area contributed by atoms with Gasteiger partial charge in [0.15, 0.2) is 0 Å². The van der Waals surface area contributed by atoms with Gasteiger partial charge in [0.2, 0.25) is 10.0 Å². The second-order valence-corrected chi connectivity index (χ2v) is 9.86. The fourth-order valence-corrected chi connectivity index (χ4v) is 4.59. The Labute approximate surface area is 202 Å². The van der Waals surface area contributed by atoms with E-state index in [9.17, 15) is 22.8 Å². The summed E-state index contributed by atoms with van der Waals surface area (Å²) in [5.74, 6) is -0.709. The number of ether oxygens (including phenoxy) is 1. The van der Waals surface area contributed by atoms with E-state index >= 15 is 0 Å². The summed E-state index contributed by atoms with van der Waals surface area (Å²) in [6, 6.07) is 11.1. The highest BCUT2D eigenvalue weighted by Gasteiger charge is 2.34. The van der Waals surface area contributed by atoms with Crippen LogP contribution >= 0.6 is 0 Å². The molecule has 2 amide bonds. The molecule has 2 heterocycles. The van der Waals surface area contributed by atoms with E-state index < -0.39 is 16.0 Å². The fraction of sp³-hybridized carbons (Fsp3) is 0.333. The van der Waals surface area contributed by atoms with Gasteiger partial charge >= 0.3 is 5.97 Å². The Hall–Kier alpha value is -3.57. The van der Waals surface area contributed by atoms with E-state index in [1.54, 1.807) is 30.3 Å². The van der Waals surface area contributed by atoms with E-state index in [0.29, 0.717) is 29.0 Å². The largest absolute Gasteiger partial charge is 0.458 e. The predicted octanol–water partition coefficient (Wildman–Crippen LogP) is 2.60. The number of sulfonamides is 1. The van der Waals surface area contributed by atoms with Gasteiger partial charge in [-0.05, 0) is 43.2 Å². The number of fused-ring (bicyclic) bond motifs is 2. The molecular formula is C24H26N4O6S. The third-order valence-corrected chi connectivity index (χ3v) is 6.78. The first-order chi connectivity index (χ1) is 16.7. The number of hydrogen-bond acceptors (Lipinski definition) is 7. The maximum Gasteiger partial charge on any atom is 0.306 e. The Balaban J connectivity index is 1.38. The van der Waals surface area contributed by atoms with Gasteiger partial charge in [-0.15, -0.1) is 0 Å². The number of primary sulfonamides is 1. The van der Waals surface area contributed by atoms with Crippen LogP contribution in [0.2, 0.25) is 0 Å². The maximum atomic E-state index is 12.4. The van der Waals surface area contributed by atoms with Gasteiger partial charge in [0.1, 0.15) is 12.4 Å². The molecule has 0 saturated carbocycles. The SMILES string of the molecule is CCCCn1c(COC(=O)CCCN2C(=O)c3ccccc3C2=O)nc2cc(S(N)(=O)=O)ccc21. The Morgan fingerprint density at radius 2 is 1.71 bits per heavy atom. The highest BCUT2D eigenvalue weighted by atomic mass is 32.2. The topological polar surface area (TPSA) is 142 Å². The zero-order chi connectivity index (χ0) is 25.2. The Morgan fingerprint density at radius 1 is 1.03 bits per heavy atom. The summed E-state index contributed by atoms with van der Waals surface area (Å²) in [4.78, 5) is 42.8. The summed E-state index contributed by atoms with van der Waals surface area (Å²) in [7, 11) is -3.87. The first-order valence-electron chi connectivity index (χ1n) is 11.3. The van der Waals surface area contributed by atoms with E-state index in [4.69, 9.17) is 9.88 Å². The highest BCUT2D eigenvalue weighted by Crippen LogP contribution is 2.23. The van der Waals surface area contributed by atoms with Gasteiger partial charge in [0, 0.05) is 19.5 Å². The number of nitrogens with zero attached hydrogens (tertiary/aromatic N) is 3. The molecule has 1 aromatic heterocycles. The van der Waals surface area contributed by atoms with E-state index in [1.807, 2.05) is 11.5 Å². The second-order valence-electron chi connectivity index (χ2n) is 8.30. The second kappa shape index (κ2) is 9.96. The number of rotatable bonds is 10. The minimum Gasteiger partial charge on any atom is -0.458 e. The molecule has 1 aliphatic heterocycles. The van der Waals surface area contributed by atoms with E-state index in [2.05, 4.69) is 4.98 Å². The van der Waals surface area contributed by atoms with Crippen LogP contribution in [-0.4, -0.2) is 47.2 Å². The van der Waals surface area contributed by atoms with Gasteiger partial charge in [-0.25, -0.2) is 18.5 Å². The Bertz CT molecular complexity index is 1380. The molecule has 11 heteroatoms. The van der Waals surface area contributed by atoms with Crippen molar-refractivity contribution < 1.29 is 27.5 Å². The molecule has 2 N–H and O–H groups in total. The first kappa shape index (κ1) is 24.6. The zero-order valence-electron chi connectivity index (χ0n) is 19.3. The third kappa shape index (κ3) is 5.10. The lowest BCUT2D eigenvalue weighted by Gasteiger charge is -2.13. The molecular weight excluding hydrogens is 472 g/mol. The normalized spacial score (nSPS) is 13.5. The number of benzene rings is 2. The lowest BCUT2D eigenvalue weighted by atomic mass is 10.1. The molecule has 0 aliphatic carbocycles. The predicted molar refractivity (Wildman–Crippen MR) is 127 cm³/mol. The number of imidazole rings is 1. The lowest BCUT2D eigenvalue weighted by molar-refractivity contribution is -0.145. The first-order valence-corrected chi connectivity index (χ1v) is 12.9. The molecule has 0 spiro atoms. The van der Waals surface area contributed by atoms with Gasteiger partial charge in [0.25, 0.3) is 11.8 Å². The molecule has 0 bridgehead atoms. The van der Waals surface area contributed by atoms with Crippen LogP contribution in [0.15, 0.2) is 47.4 Å². The zero-order valence-corrected chi connectivity index (χ0v) is 20.1. The smallest absolute Gasteiger partial charge is 0.306 e. The van der Waals surface area contributed by atoms with Crippen molar-refractivity contribution in [3.8, 4) is 0 Å². The molecule has 4 rings (SSSR count). The van der Waals surface area contributed by atoms with Crippen molar-refractivity contribution in [2.45, 2.75) is 50.7 Å². The number of hydrogen-bond donors (Lipinski definition) is 1. The minimum atomic E-state index is -3.87. The van der Waals surface area contributed by atoms with Gasteiger partial charge in [0.05, 0.1) is 27.1 Å². The monoisotopic (exact) mass is 498 g/mol. The number of amides is 2. The van der Waals surface area contributed by atoms with Crippen molar-refractivity contribution >= 4 is 38.8 Å². The molecule has 35 heavy (non-hydrogen) atoms. The summed E-state index contributed by atoms with van der Waals surface area (Å²) in [6.45, 7) is 2.71. The number of nitrogens with two attached hydrogens (primary N) is 1. The summed E-state index contributed by atoms with van der Waals surface area (Å²) in [6.07, 6.45) is 2.10. The third-order valence-electron chi connectivity index (χ3n) is 5.87. The minimum absolute atomic E-state index is 0.0260. The van der Waals surface area contributed by atoms with Crippen molar-refractivity contribution in [2.75, 3.05) is 6.54 Å². The molecule has 0 unspecified atom stereocenters. The molecule has 10 nitrogen and oxygen atoms in total. The highest BCUT2D eigenvalue weighted by molar-refractivity contribution is 7.89. The van der Waals surface area contributed by atoms with Crippen molar-refractivity contribution in [2.24, 2.45) is 5.14 Å². The van der Waals surface area contributed by atoms with Gasteiger partial charge < -0.3 is 9.30 Å². The van der Waals surface area contributed by atoms with Crippen LogP contribution in [0.3, 0.4) is 0 Å². The average molecular weight is 499 g/mol. The molecule has 0 fully saturated rings. The maximum absolute atomic E-state index is 12.4. The van der Waals surface area contributed by atoms with Crippen molar-refractivity contribution in [1.29, 1.82) is 0 Å². The van der Waals surface area contributed by atoms with Gasteiger partial charge in [-0.1, -0.05) is 25.5 Å². The van der Waals surface area contributed by atoms with E-state index in [0.717, 1.165) is 23.3 Å². The van der Waals surface area contributed by atoms with Crippen LogP contribution in [0.4, 0.5) is 0 Å². The van der Waals surface area contributed by atoms with Crippen molar-refractivity contribution in [3.63, 3.8) is 0 Å². The molecule has 3 aromatic rings. The Kier molecular flexibility index (Phi) is 6.99. The number of carbonyl (C=O) groups excluding carboxylic acids is 3. The van der Waals surface area contributed by atoms with Gasteiger partial charge in [-0.3, -0.25) is 19.3 Å². The summed E-state index contributed by atoms with van der Waals surface area (Å²) in [5.41, 5.74) is 1.92. The van der Waals surface area contributed by atoms with Crippen molar-refractivity contribution in [3.05, 3.63) is 59.4 Å². The molecule has 1 aliphatic rings. The fourth-order valence-electron chi connectivity index (χ4n) is 4.05. The van der Waals surface area contributed by atoms with E-state index in [1.165, 1.54) is 12.1 Å². The summed E-state index contributed by atoms with van der Waals surface area (Å²) >= 11 is 0. The molecule has 0 radical (unpaired) electrons. The average Bonchev–Trinajstić information content (AvgIpc) is 3.30. The summed E-state index contributed by atoms with van der Waals surface area (Å²) < 4.78 is 30.7. The molecule has 0 atom stereocenters. The van der Waals surface area contributed by atoms with Crippen molar-refractivity contribution in [1.82, 2.24) is 14.5 Å². The van der Waals surface area contributed by atoms with Crippen LogP contribution in [0, 0.1) is 0 Å². The van der Waals surface area contributed by atoms with Gasteiger partial charge in [-0.2, -0.15) is 0 Å². The quantitative estimate of drug-likeness (QED) is 0.334. The Morgan fingerprint density at radius 3 is 2.34 bits per heavy atom. The standard InChI is InChI=1S/C24H26N4O6S/c1-2-3-12-27-20-11-10-16(35(25,32)33)14-19(20)26-21(27)15-34-22(29)9-6-13-28-23(30)17-7-4-5-8-18(17)24(28)31/h4-5,7-8,10-11,14H,2-3,6,9,12-13,15H2,1H3,(H2,25,32,33). The van der Waals surface area contributed by atoms with Crippen LogP contribution < -0.4 is 5.14 Å². The number of imide groups is 1. The molecule has 0 saturated heterocycles. The van der Waals surface area contributed by atoms with Crippen LogP contribution in [0.25, 0.3) is 11.0 Å². The number of aryl methyl sites for hydroxylation is 1. The van der Waals surface area contributed by atoms with E-state index in [-0.39, 0.29) is 42.7 Å². The van der Waals surface area contributed by atoms with Crippen LogP contribution in [0.5, 0.6) is 0 Å². The number of esters is 1. The number of aromatic nitrogens is 2. The number of unbranched alkanes of at least 4 members (excludes halogenated alkanes) is 1. The van der Waals surface area contributed by atoms with Crippen LogP contribution in [-0.2, 0) is 32.7 Å². The lowest BCUT2D eigenvalue weighted by Crippen LogP contribution is -2.31. The molecule has 184 valence electrons.